The fourth-order valence-electron chi connectivity index (χ4n) is 3.85. The third-order valence-corrected chi connectivity index (χ3v) is 5.33. The van der Waals surface area contributed by atoms with E-state index in [9.17, 15) is 27.9 Å². The normalized spacial score (nSPS) is 16.3. The van der Waals surface area contributed by atoms with Gasteiger partial charge >= 0.3 is 12.3 Å². The van der Waals surface area contributed by atoms with Crippen LogP contribution < -0.4 is 5.32 Å². The molecule has 1 aliphatic rings. The molecule has 30 heavy (non-hydrogen) atoms. The van der Waals surface area contributed by atoms with Crippen molar-refractivity contribution in [1.82, 2.24) is 19.8 Å². The van der Waals surface area contributed by atoms with E-state index in [-0.39, 0.29) is 12.2 Å². The smallest absolute Gasteiger partial charge is 0.416 e. The molecule has 0 bridgehead atoms. The number of benzene rings is 1. The largest absolute Gasteiger partial charge is 0.465 e. The lowest BCUT2D eigenvalue weighted by atomic mass is 9.98. The molecule has 0 aliphatic carbocycles. The van der Waals surface area contributed by atoms with Gasteiger partial charge in [-0.2, -0.15) is 13.2 Å². The van der Waals surface area contributed by atoms with E-state index in [1.807, 2.05) is 11.5 Å². The zero-order valence-corrected chi connectivity index (χ0v) is 16.7. The third kappa shape index (κ3) is 4.12. The molecule has 0 saturated heterocycles. The lowest BCUT2D eigenvalue weighted by Gasteiger charge is -2.35. The summed E-state index contributed by atoms with van der Waals surface area (Å²) in [6, 6.07) is 4.19. The van der Waals surface area contributed by atoms with Crippen molar-refractivity contribution in [3.05, 3.63) is 52.6 Å². The maximum Gasteiger partial charge on any atom is 0.416 e. The van der Waals surface area contributed by atoms with Crippen LogP contribution in [0.4, 0.5) is 18.0 Å². The number of halogens is 3. The van der Waals surface area contributed by atoms with E-state index < -0.39 is 29.8 Å². The van der Waals surface area contributed by atoms with Crippen LogP contribution >= 0.6 is 0 Å². The first-order valence-corrected chi connectivity index (χ1v) is 9.64. The summed E-state index contributed by atoms with van der Waals surface area (Å²) >= 11 is 0. The molecule has 1 aliphatic heterocycles. The van der Waals surface area contributed by atoms with Crippen LogP contribution in [0, 0.1) is 0 Å². The molecule has 162 valence electrons. The number of hydrogen-bond acceptors (Lipinski definition) is 3. The van der Waals surface area contributed by atoms with Crippen molar-refractivity contribution in [1.29, 1.82) is 0 Å². The molecule has 3 rings (SSSR count). The number of hydrogen-bond donors (Lipinski definition) is 2. The van der Waals surface area contributed by atoms with Crippen LogP contribution in [0.25, 0.3) is 0 Å². The topological polar surface area (TPSA) is 87.5 Å². The molecular weight excluding hydrogens is 401 g/mol. The van der Waals surface area contributed by atoms with Crippen LogP contribution in [0.1, 0.15) is 52.5 Å². The van der Waals surface area contributed by atoms with Gasteiger partial charge in [0.15, 0.2) is 5.69 Å². The van der Waals surface area contributed by atoms with Crippen molar-refractivity contribution < 1.29 is 27.9 Å². The molecule has 10 heteroatoms. The molecule has 1 aromatic carbocycles. The van der Waals surface area contributed by atoms with Gasteiger partial charge in [-0.1, -0.05) is 19.1 Å². The minimum Gasteiger partial charge on any atom is -0.465 e. The molecular formula is C20H23F3N4O3. The van der Waals surface area contributed by atoms with Crippen molar-refractivity contribution in [2.24, 2.45) is 0 Å². The summed E-state index contributed by atoms with van der Waals surface area (Å²) in [6.07, 6.45) is -4.26. The van der Waals surface area contributed by atoms with Gasteiger partial charge in [-0.05, 0) is 30.5 Å². The van der Waals surface area contributed by atoms with Crippen molar-refractivity contribution in [3.63, 3.8) is 0 Å². The molecule has 2 amide bonds. The van der Waals surface area contributed by atoms with Crippen LogP contribution in [0.5, 0.6) is 0 Å². The molecule has 0 fully saturated rings. The molecule has 0 spiro atoms. The summed E-state index contributed by atoms with van der Waals surface area (Å²) in [5.74, 6) is 0.304. The van der Waals surface area contributed by atoms with Crippen molar-refractivity contribution >= 4 is 12.0 Å². The average molecular weight is 424 g/mol. The minimum absolute atomic E-state index is 0.192. The van der Waals surface area contributed by atoms with E-state index in [0.717, 1.165) is 12.1 Å². The number of carbonyl (C=O) groups is 2. The Balaban J connectivity index is 1.93. The number of alkyl halides is 3. The highest BCUT2D eigenvalue weighted by Gasteiger charge is 2.37. The van der Waals surface area contributed by atoms with Crippen molar-refractivity contribution in [3.8, 4) is 0 Å². The van der Waals surface area contributed by atoms with Gasteiger partial charge in [0.25, 0.3) is 5.91 Å². The Morgan fingerprint density at radius 2 is 1.90 bits per heavy atom. The van der Waals surface area contributed by atoms with Gasteiger partial charge in [0, 0.05) is 26.6 Å². The summed E-state index contributed by atoms with van der Waals surface area (Å²) in [5.41, 5.74) is 0.648. The Labute approximate surface area is 171 Å². The Morgan fingerprint density at radius 1 is 1.23 bits per heavy atom. The molecule has 0 radical (unpaired) electrons. The quantitative estimate of drug-likeness (QED) is 0.769. The second kappa shape index (κ2) is 8.37. The summed E-state index contributed by atoms with van der Waals surface area (Å²) in [5, 5.41) is 12.2. The molecule has 1 aromatic heterocycles. The maximum atomic E-state index is 12.8. The van der Waals surface area contributed by atoms with E-state index in [2.05, 4.69) is 10.3 Å². The number of aryl methyl sites for hydroxylation is 2. The standard InChI is InChI=1S/C20H23F3N4O3/c1-3-15-25-16(18(28)24-2)17-14(26(19(29)30)10-11-27(15)17)9-6-12-4-7-13(8-5-12)20(21,22)23/h4-5,7-8,14H,3,6,9-11H2,1-2H3,(H,24,28)(H,29,30). The minimum atomic E-state index is -4.41. The van der Waals surface area contributed by atoms with Crippen molar-refractivity contribution in [2.75, 3.05) is 13.6 Å². The molecule has 0 saturated carbocycles. The maximum absolute atomic E-state index is 12.8. The average Bonchev–Trinajstić information content (AvgIpc) is 3.10. The van der Waals surface area contributed by atoms with Gasteiger partial charge in [0.2, 0.25) is 0 Å². The second-order valence-electron chi connectivity index (χ2n) is 7.07. The van der Waals surface area contributed by atoms with E-state index in [1.54, 1.807) is 0 Å². The highest BCUT2D eigenvalue weighted by molar-refractivity contribution is 5.93. The van der Waals surface area contributed by atoms with Crippen LogP contribution in [0.2, 0.25) is 0 Å². The van der Waals surface area contributed by atoms with E-state index in [1.165, 1.54) is 24.1 Å². The van der Waals surface area contributed by atoms with Gasteiger partial charge < -0.3 is 15.0 Å². The Hall–Kier alpha value is -3.04. The molecule has 1 unspecified atom stereocenters. The van der Waals surface area contributed by atoms with Crippen molar-refractivity contribution in [2.45, 2.75) is 44.9 Å². The first-order valence-electron chi connectivity index (χ1n) is 9.64. The second-order valence-corrected chi connectivity index (χ2v) is 7.07. The number of imidazole rings is 1. The van der Waals surface area contributed by atoms with Crippen LogP contribution in [-0.4, -0.2) is 45.2 Å². The predicted molar refractivity (Wildman–Crippen MR) is 102 cm³/mol. The predicted octanol–water partition coefficient (Wildman–Crippen LogP) is 3.49. The monoisotopic (exact) mass is 424 g/mol. The number of amides is 2. The number of carbonyl (C=O) groups excluding carboxylic acids is 1. The lowest BCUT2D eigenvalue weighted by Crippen LogP contribution is -2.42. The number of aromatic nitrogens is 2. The van der Waals surface area contributed by atoms with E-state index in [4.69, 9.17) is 0 Å². The summed E-state index contributed by atoms with van der Waals surface area (Å²) in [7, 11) is 1.48. The highest BCUT2D eigenvalue weighted by Crippen LogP contribution is 2.34. The number of carboxylic acid groups (broad SMARTS) is 1. The van der Waals surface area contributed by atoms with Gasteiger partial charge in [0.05, 0.1) is 17.3 Å². The first-order chi connectivity index (χ1) is 14.2. The molecule has 2 N–H and O–H groups in total. The Bertz CT molecular complexity index is 938. The number of nitrogens with one attached hydrogen (secondary N) is 1. The number of fused-ring (bicyclic) bond motifs is 1. The Kier molecular flexibility index (Phi) is 6.04. The summed E-state index contributed by atoms with van der Waals surface area (Å²) in [4.78, 5) is 29.9. The molecule has 1 atom stereocenters. The number of rotatable bonds is 5. The molecule has 2 heterocycles. The third-order valence-electron chi connectivity index (χ3n) is 5.33. The van der Waals surface area contributed by atoms with Gasteiger partial charge in [-0.15, -0.1) is 0 Å². The van der Waals surface area contributed by atoms with E-state index >= 15 is 0 Å². The van der Waals surface area contributed by atoms with Gasteiger partial charge in [-0.3, -0.25) is 9.69 Å². The zero-order chi connectivity index (χ0) is 22.1. The zero-order valence-electron chi connectivity index (χ0n) is 16.7. The lowest BCUT2D eigenvalue weighted by molar-refractivity contribution is -0.137. The SMILES string of the molecule is CCc1nc(C(=O)NC)c2n1CCN(C(=O)O)C2CCc1ccc(C(F)(F)F)cc1. The Morgan fingerprint density at radius 3 is 2.43 bits per heavy atom. The van der Waals surface area contributed by atoms with E-state index in [0.29, 0.717) is 42.9 Å². The van der Waals surface area contributed by atoms with Crippen LogP contribution in [-0.2, 0) is 25.6 Å². The summed E-state index contributed by atoms with van der Waals surface area (Å²) in [6.45, 7) is 2.55. The fourth-order valence-corrected chi connectivity index (χ4v) is 3.85. The van der Waals surface area contributed by atoms with Gasteiger partial charge in [0.1, 0.15) is 5.82 Å². The first kappa shape index (κ1) is 21.7. The van der Waals surface area contributed by atoms with Gasteiger partial charge in [-0.25, -0.2) is 9.78 Å². The van der Waals surface area contributed by atoms with Crippen LogP contribution in [0.15, 0.2) is 24.3 Å². The summed E-state index contributed by atoms with van der Waals surface area (Å²) < 4.78 is 40.2. The molecule has 2 aromatic rings. The number of nitrogens with zero attached hydrogens (tertiary/aromatic N) is 3. The fraction of sp³-hybridized carbons (Fsp3) is 0.450. The molecule has 7 nitrogen and oxygen atoms in total. The highest BCUT2D eigenvalue weighted by atomic mass is 19.4. The van der Waals surface area contributed by atoms with Crippen LogP contribution in [0.3, 0.4) is 0 Å².